The molecule has 3 aromatic carbocycles. The van der Waals surface area contributed by atoms with Gasteiger partial charge in [0.05, 0.1) is 6.61 Å². The Morgan fingerprint density at radius 3 is 1.85 bits per heavy atom. The molecule has 1 heteroatoms. The van der Waals surface area contributed by atoms with E-state index in [0.29, 0.717) is 0 Å². The fraction of sp³-hybridized carbons (Fsp3) is 0.231. The molecule has 0 unspecified atom stereocenters. The Bertz CT molecular complexity index is 872. The summed E-state index contributed by atoms with van der Waals surface area (Å²) in [5, 5.41) is 0. The SMILES string of the molecule is CCCOc1ccc(C(=C(CC)c2ccccc2)c2ccc(C)cc2)cc1. The van der Waals surface area contributed by atoms with Gasteiger partial charge in [0.2, 0.25) is 0 Å². The minimum absolute atomic E-state index is 0.754. The van der Waals surface area contributed by atoms with E-state index in [1.54, 1.807) is 0 Å². The van der Waals surface area contributed by atoms with Crippen LogP contribution < -0.4 is 4.74 Å². The van der Waals surface area contributed by atoms with Gasteiger partial charge in [0.25, 0.3) is 0 Å². The summed E-state index contributed by atoms with van der Waals surface area (Å²) in [4.78, 5) is 0. The summed E-state index contributed by atoms with van der Waals surface area (Å²) in [6.07, 6.45) is 1.99. The van der Waals surface area contributed by atoms with E-state index in [1.807, 2.05) is 0 Å². The largest absolute Gasteiger partial charge is 0.494 e. The summed E-state index contributed by atoms with van der Waals surface area (Å²) in [7, 11) is 0. The van der Waals surface area contributed by atoms with Gasteiger partial charge in [0.15, 0.2) is 0 Å². The third-order valence-corrected chi connectivity index (χ3v) is 4.73. The molecule has 0 fully saturated rings. The maximum atomic E-state index is 5.77. The van der Waals surface area contributed by atoms with Crippen LogP contribution in [0.2, 0.25) is 0 Å². The Kier molecular flexibility index (Phi) is 6.49. The molecule has 138 valence electrons. The van der Waals surface area contributed by atoms with Crippen molar-refractivity contribution in [2.45, 2.75) is 33.6 Å². The van der Waals surface area contributed by atoms with Crippen LogP contribution in [0.25, 0.3) is 11.1 Å². The Morgan fingerprint density at radius 2 is 1.30 bits per heavy atom. The lowest BCUT2D eigenvalue weighted by Crippen LogP contribution is -1.97. The second-order valence-electron chi connectivity index (χ2n) is 6.81. The van der Waals surface area contributed by atoms with Crippen molar-refractivity contribution >= 4 is 11.1 Å². The second-order valence-corrected chi connectivity index (χ2v) is 6.81. The summed E-state index contributed by atoms with van der Waals surface area (Å²) in [5.41, 5.74) is 7.69. The lowest BCUT2D eigenvalue weighted by molar-refractivity contribution is 0.317. The molecule has 0 aliphatic heterocycles. The van der Waals surface area contributed by atoms with Crippen molar-refractivity contribution in [1.29, 1.82) is 0 Å². The van der Waals surface area contributed by atoms with Gasteiger partial charge in [-0.1, -0.05) is 86.1 Å². The van der Waals surface area contributed by atoms with E-state index >= 15 is 0 Å². The number of ether oxygens (including phenoxy) is 1. The Hall–Kier alpha value is -2.80. The molecular weight excluding hydrogens is 328 g/mol. The van der Waals surface area contributed by atoms with Crippen molar-refractivity contribution < 1.29 is 4.74 Å². The minimum atomic E-state index is 0.754. The van der Waals surface area contributed by atoms with E-state index in [4.69, 9.17) is 4.74 Å². The van der Waals surface area contributed by atoms with Crippen LogP contribution in [0.15, 0.2) is 78.9 Å². The van der Waals surface area contributed by atoms with E-state index in [9.17, 15) is 0 Å². The van der Waals surface area contributed by atoms with Gasteiger partial charge >= 0.3 is 0 Å². The fourth-order valence-electron chi connectivity index (χ4n) is 3.34. The first-order valence-corrected chi connectivity index (χ1v) is 9.81. The lowest BCUT2D eigenvalue weighted by Gasteiger charge is -2.17. The van der Waals surface area contributed by atoms with Crippen LogP contribution in [0, 0.1) is 6.92 Å². The zero-order chi connectivity index (χ0) is 19.1. The van der Waals surface area contributed by atoms with Gasteiger partial charge in [-0.15, -0.1) is 0 Å². The van der Waals surface area contributed by atoms with Crippen LogP contribution in [0.3, 0.4) is 0 Å². The number of benzene rings is 3. The average Bonchev–Trinajstić information content (AvgIpc) is 2.72. The number of allylic oxidation sites excluding steroid dienone is 1. The standard InChI is InChI=1S/C26H28O/c1-4-19-27-24-17-15-23(16-18-24)26(22-13-11-20(3)12-14-22)25(5-2)21-9-7-6-8-10-21/h6-18H,4-5,19H2,1-3H3. The van der Waals surface area contributed by atoms with Crippen molar-refractivity contribution in [3.8, 4) is 5.75 Å². The minimum Gasteiger partial charge on any atom is -0.494 e. The molecule has 0 heterocycles. The van der Waals surface area contributed by atoms with Gasteiger partial charge < -0.3 is 4.74 Å². The normalized spacial score (nSPS) is 11.8. The molecule has 0 amide bonds. The second kappa shape index (κ2) is 9.23. The van der Waals surface area contributed by atoms with Gasteiger partial charge in [0, 0.05) is 0 Å². The first-order valence-electron chi connectivity index (χ1n) is 9.81. The monoisotopic (exact) mass is 356 g/mol. The summed E-state index contributed by atoms with van der Waals surface area (Å²) < 4.78 is 5.77. The predicted molar refractivity (Wildman–Crippen MR) is 116 cm³/mol. The van der Waals surface area contributed by atoms with Gasteiger partial charge in [-0.25, -0.2) is 0 Å². The van der Waals surface area contributed by atoms with E-state index < -0.39 is 0 Å². The lowest BCUT2D eigenvalue weighted by atomic mass is 9.88. The number of hydrogen-bond donors (Lipinski definition) is 0. The topological polar surface area (TPSA) is 9.23 Å². The van der Waals surface area contributed by atoms with Crippen molar-refractivity contribution in [3.05, 3.63) is 101 Å². The Morgan fingerprint density at radius 1 is 0.704 bits per heavy atom. The first kappa shape index (κ1) is 19.0. The zero-order valence-electron chi connectivity index (χ0n) is 16.5. The molecule has 0 aliphatic carbocycles. The van der Waals surface area contributed by atoms with E-state index in [-0.39, 0.29) is 0 Å². The van der Waals surface area contributed by atoms with E-state index in [2.05, 4.69) is 99.6 Å². The number of hydrogen-bond acceptors (Lipinski definition) is 1. The molecule has 0 bridgehead atoms. The molecule has 0 saturated carbocycles. The molecule has 27 heavy (non-hydrogen) atoms. The maximum Gasteiger partial charge on any atom is 0.119 e. The summed E-state index contributed by atoms with van der Waals surface area (Å²) in [6, 6.07) is 28.0. The highest BCUT2D eigenvalue weighted by molar-refractivity contribution is 5.98. The highest BCUT2D eigenvalue weighted by Gasteiger charge is 2.13. The molecule has 0 saturated heterocycles. The molecule has 0 aliphatic rings. The molecule has 1 nitrogen and oxygen atoms in total. The van der Waals surface area contributed by atoms with Crippen LogP contribution >= 0.6 is 0 Å². The van der Waals surface area contributed by atoms with E-state index in [1.165, 1.54) is 33.4 Å². The van der Waals surface area contributed by atoms with Crippen molar-refractivity contribution in [1.82, 2.24) is 0 Å². The fourth-order valence-corrected chi connectivity index (χ4v) is 3.34. The molecule has 3 rings (SSSR count). The van der Waals surface area contributed by atoms with Gasteiger partial charge in [-0.05, 0) is 59.7 Å². The van der Waals surface area contributed by atoms with Crippen molar-refractivity contribution in [2.24, 2.45) is 0 Å². The molecule has 0 N–H and O–H groups in total. The smallest absolute Gasteiger partial charge is 0.119 e. The zero-order valence-corrected chi connectivity index (χ0v) is 16.5. The molecule has 0 aromatic heterocycles. The highest BCUT2D eigenvalue weighted by Crippen LogP contribution is 2.35. The van der Waals surface area contributed by atoms with Crippen LogP contribution in [-0.4, -0.2) is 6.61 Å². The molecule has 0 radical (unpaired) electrons. The van der Waals surface area contributed by atoms with Gasteiger partial charge in [-0.3, -0.25) is 0 Å². The average molecular weight is 357 g/mol. The quantitative estimate of drug-likeness (QED) is 0.408. The van der Waals surface area contributed by atoms with Gasteiger partial charge in [-0.2, -0.15) is 0 Å². The summed E-state index contributed by atoms with van der Waals surface area (Å²) in [5.74, 6) is 0.932. The Labute approximate surface area is 163 Å². The van der Waals surface area contributed by atoms with Crippen LogP contribution in [0.4, 0.5) is 0 Å². The third kappa shape index (κ3) is 4.68. The summed E-state index contributed by atoms with van der Waals surface area (Å²) in [6.45, 7) is 7.24. The molecule has 0 spiro atoms. The van der Waals surface area contributed by atoms with Crippen molar-refractivity contribution in [2.75, 3.05) is 6.61 Å². The number of aryl methyl sites for hydroxylation is 1. The molecule has 3 aromatic rings. The summed E-state index contributed by atoms with van der Waals surface area (Å²) >= 11 is 0. The maximum absolute atomic E-state index is 5.77. The van der Waals surface area contributed by atoms with Gasteiger partial charge in [0.1, 0.15) is 5.75 Å². The van der Waals surface area contributed by atoms with E-state index in [0.717, 1.165) is 25.2 Å². The predicted octanol–water partition coefficient (Wildman–Crippen LogP) is 7.15. The van der Waals surface area contributed by atoms with Crippen LogP contribution in [0.1, 0.15) is 48.9 Å². The number of rotatable bonds is 7. The van der Waals surface area contributed by atoms with Crippen LogP contribution in [0.5, 0.6) is 5.75 Å². The van der Waals surface area contributed by atoms with Crippen molar-refractivity contribution in [3.63, 3.8) is 0 Å². The third-order valence-electron chi connectivity index (χ3n) is 4.73. The first-order chi connectivity index (χ1) is 13.2. The van der Waals surface area contributed by atoms with Crippen LogP contribution in [-0.2, 0) is 0 Å². The molecular formula is C26H28O. The molecule has 0 atom stereocenters. The highest BCUT2D eigenvalue weighted by atomic mass is 16.5. The Balaban J connectivity index is 2.13.